The zero-order chi connectivity index (χ0) is 16.9. The highest BCUT2D eigenvalue weighted by molar-refractivity contribution is 5.91. The summed E-state index contributed by atoms with van der Waals surface area (Å²) in [6.45, 7) is 0.700. The molecule has 0 atom stereocenters. The zero-order valence-electron chi connectivity index (χ0n) is 13.7. The largest absolute Gasteiger partial charge is 0.497 e. The molecular weight excluding hydrogens is 307 g/mol. The fourth-order valence-corrected chi connectivity index (χ4v) is 2.65. The van der Waals surface area contributed by atoms with Crippen molar-refractivity contribution in [3.8, 4) is 11.5 Å². The molecule has 4 nitrogen and oxygen atoms in total. The van der Waals surface area contributed by atoms with E-state index in [0.717, 1.165) is 34.6 Å². The van der Waals surface area contributed by atoms with Gasteiger partial charge in [-0.3, -0.25) is 4.98 Å². The first kappa shape index (κ1) is 16.1. The van der Waals surface area contributed by atoms with Gasteiger partial charge in [0.05, 0.1) is 14.2 Å². The van der Waals surface area contributed by atoms with Crippen LogP contribution in [0.1, 0.15) is 5.56 Å². The molecule has 1 heterocycles. The predicted octanol–water partition coefficient (Wildman–Crippen LogP) is 4.05. The number of pyridine rings is 1. The lowest BCUT2D eigenvalue weighted by molar-refractivity contribution is 0.393. The highest BCUT2D eigenvalue weighted by Crippen LogP contribution is 2.25. The fourth-order valence-electron chi connectivity index (χ4n) is 2.65. The molecule has 1 aromatic heterocycles. The number of rotatable bonds is 6. The summed E-state index contributed by atoms with van der Waals surface area (Å²) >= 11 is 0. The quantitative estimate of drug-likeness (QED) is 0.742. The molecule has 3 aromatic rings. The van der Waals surface area contributed by atoms with Crippen molar-refractivity contribution in [3.63, 3.8) is 0 Å². The molecule has 0 saturated heterocycles. The van der Waals surface area contributed by atoms with Gasteiger partial charge in [-0.25, -0.2) is 4.39 Å². The molecule has 0 aliphatic rings. The van der Waals surface area contributed by atoms with Gasteiger partial charge in [-0.1, -0.05) is 12.1 Å². The maximum Gasteiger partial charge on any atom is 0.149 e. The van der Waals surface area contributed by atoms with Crippen molar-refractivity contribution in [2.24, 2.45) is 0 Å². The Bertz CT molecular complexity index is 830. The normalized spacial score (nSPS) is 10.6. The van der Waals surface area contributed by atoms with Gasteiger partial charge in [-0.2, -0.15) is 0 Å². The minimum absolute atomic E-state index is 0.311. The van der Waals surface area contributed by atoms with Crippen LogP contribution in [0.2, 0.25) is 0 Å². The number of halogens is 1. The van der Waals surface area contributed by atoms with Crippen molar-refractivity contribution in [1.29, 1.82) is 0 Å². The number of hydrogen-bond acceptors (Lipinski definition) is 4. The van der Waals surface area contributed by atoms with Gasteiger partial charge in [0.15, 0.2) is 0 Å². The molecule has 0 radical (unpaired) electrons. The SMILES string of the molecule is COc1cc(CCNc2ccnc3c(F)cccc23)cc(OC)c1. The Balaban J connectivity index is 1.74. The number of fused-ring (bicyclic) bond motifs is 1. The van der Waals surface area contributed by atoms with Crippen LogP contribution in [0.25, 0.3) is 10.9 Å². The van der Waals surface area contributed by atoms with Crippen LogP contribution in [0.4, 0.5) is 10.1 Å². The third-order valence-corrected chi connectivity index (χ3v) is 3.86. The van der Waals surface area contributed by atoms with Crippen LogP contribution >= 0.6 is 0 Å². The van der Waals surface area contributed by atoms with Crippen LogP contribution in [0.5, 0.6) is 11.5 Å². The molecule has 0 unspecified atom stereocenters. The molecule has 0 amide bonds. The summed E-state index contributed by atoms with van der Waals surface area (Å²) in [6, 6.07) is 12.6. The van der Waals surface area contributed by atoms with Crippen molar-refractivity contribution in [3.05, 3.63) is 60.0 Å². The molecular formula is C19H19FN2O2. The molecule has 24 heavy (non-hydrogen) atoms. The molecule has 2 aromatic carbocycles. The monoisotopic (exact) mass is 326 g/mol. The van der Waals surface area contributed by atoms with Gasteiger partial charge < -0.3 is 14.8 Å². The van der Waals surface area contributed by atoms with Crippen molar-refractivity contribution in [2.45, 2.75) is 6.42 Å². The second-order valence-electron chi connectivity index (χ2n) is 5.39. The van der Waals surface area contributed by atoms with Crippen LogP contribution in [-0.2, 0) is 6.42 Å². The van der Waals surface area contributed by atoms with Gasteiger partial charge >= 0.3 is 0 Å². The van der Waals surface area contributed by atoms with Gasteiger partial charge in [0.1, 0.15) is 22.8 Å². The van der Waals surface area contributed by atoms with E-state index >= 15 is 0 Å². The third-order valence-electron chi connectivity index (χ3n) is 3.86. The minimum Gasteiger partial charge on any atom is -0.497 e. The Labute approximate surface area is 140 Å². The Morgan fingerprint density at radius 1 is 1.04 bits per heavy atom. The Hall–Kier alpha value is -2.82. The smallest absolute Gasteiger partial charge is 0.149 e. The van der Waals surface area contributed by atoms with Crippen molar-refractivity contribution >= 4 is 16.6 Å². The second kappa shape index (κ2) is 7.17. The molecule has 124 valence electrons. The number of methoxy groups -OCH3 is 2. The second-order valence-corrected chi connectivity index (χ2v) is 5.39. The first-order chi connectivity index (χ1) is 11.7. The van der Waals surface area contributed by atoms with Crippen molar-refractivity contribution in [1.82, 2.24) is 4.98 Å². The van der Waals surface area contributed by atoms with E-state index < -0.39 is 0 Å². The number of nitrogens with one attached hydrogen (secondary N) is 1. The van der Waals surface area contributed by atoms with Crippen LogP contribution in [0.3, 0.4) is 0 Å². The Morgan fingerprint density at radius 2 is 1.79 bits per heavy atom. The number of benzene rings is 2. The zero-order valence-corrected chi connectivity index (χ0v) is 13.7. The number of para-hydroxylation sites is 1. The molecule has 0 aliphatic carbocycles. The maximum atomic E-state index is 13.8. The van der Waals surface area contributed by atoms with Gasteiger partial charge in [-0.05, 0) is 36.2 Å². The van der Waals surface area contributed by atoms with Crippen LogP contribution in [0, 0.1) is 5.82 Å². The lowest BCUT2D eigenvalue weighted by Gasteiger charge is -2.11. The molecule has 0 fully saturated rings. The fraction of sp³-hybridized carbons (Fsp3) is 0.211. The van der Waals surface area contributed by atoms with E-state index in [9.17, 15) is 4.39 Å². The summed E-state index contributed by atoms with van der Waals surface area (Å²) in [5.74, 6) is 1.22. The van der Waals surface area contributed by atoms with Crippen LogP contribution in [0.15, 0.2) is 48.7 Å². The lowest BCUT2D eigenvalue weighted by Crippen LogP contribution is -2.06. The van der Waals surface area contributed by atoms with E-state index in [-0.39, 0.29) is 5.82 Å². The molecule has 0 bridgehead atoms. The first-order valence-electron chi connectivity index (χ1n) is 7.70. The number of ether oxygens (including phenoxy) is 2. The van der Waals surface area contributed by atoms with Gasteiger partial charge in [0, 0.05) is 29.9 Å². The van der Waals surface area contributed by atoms with E-state index in [0.29, 0.717) is 12.1 Å². The van der Waals surface area contributed by atoms with Gasteiger partial charge in [0.2, 0.25) is 0 Å². The summed E-state index contributed by atoms with van der Waals surface area (Å²) in [5, 5.41) is 4.13. The van der Waals surface area contributed by atoms with E-state index in [4.69, 9.17) is 9.47 Å². The molecule has 3 rings (SSSR count). The summed E-state index contributed by atoms with van der Waals surface area (Å²) in [4.78, 5) is 4.10. The molecule has 0 spiro atoms. The number of nitrogens with zero attached hydrogens (tertiary/aromatic N) is 1. The first-order valence-corrected chi connectivity index (χ1v) is 7.70. The summed E-state index contributed by atoms with van der Waals surface area (Å²) in [5.41, 5.74) is 2.35. The highest BCUT2D eigenvalue weighted by atomic mass is 19.1. The summed E-state index contributed by atoms with van der Waals surface area (Å²) in [6.07, 6.45) is 2.40. The number of aromatic nitrogens is 1. The minimum atomic E-state index is -0.311. The number of hydrogen-bond donors (Lipinski definition) is 1. The maximum absolute atomic E-state index is 13.8. The molecule has 1 N–H and O–H groups in total. The highest BCUT2D eigenvalue weighted by Gasteiger charge is 2.06. The molecule has 5 heteroatoms. The summed E-state index contributed by atoms with van der Waals surface area (Å²) < 4.78 is 24.4. The molecule has 0 aliphatic heterocycles. The standard InChI is InChI=1S/C19H19FN2O2/c1-23-14-10-13(11-15(12-14)24-2)6-8-21-18-7-9-22-19-16(18)4-3-5-17(19)20/h3-5,7,9-12H,6,8H2,1-2H3,(H,21,22). The third kappa shape index (κ3) is 3.40. The van der Waals surface area contributed by atoms with Gasteiger partial charge in [0.25, 0.3) is 0 Å². The average molecular weight is 326 g/mol. The average Bonchev–Trinajstić information content (AvgIpc) is 2.62. The van der Waals surface area contributed by atoms with E-state index in [2.05, 4.69) is 10.3 Å². The van der Waals surface area contributed by atoms with Gasteiger partial charge in [-0.15, -0.1) is 0 Å². The van der Waals surface area contributed by atoms with Crippen molar-refractivity contribution < 1.29 is 13.9 Å². The Morgan fingerprint density at radius 3 is 2.50 bits per heavy atom. The molecule has 0 saturated carbocycles. The number of anilines is 1. The van der Waals surface area contributed by atoms with Crippen LogP contribution in [-0.4, -0.2) is 25.7 Å². The van der Waals surface area contributed by atoms with E-state index in [1.807, 2.05) is 30.3 Å². The topological polar surface area (TPSA) is 43.4 Å². The van der Waals surface area contributed by atoms with Crippen molar-refractivity contribution in [2.75, 3.05) is 26.1 Å². The lowest BCUT2D eigenvalue weighted by atomic mass is 10.1. The summed E-state index contributed by atoms with van der Waals surface area (Å²) in [7, 11) is 3.27. The Kier molecular flexibility index (Phi) is 4.79. The van der Waals surface area contributed by atoms with E-state index in [1.54, 1.807) is 26.5 Å². The predicted molar refractivity (Wildman–Crippen MR) is 93.4 cm³/mol. The van der Waals surface area contributed by atoms with Crippen LogP contribution < -0.4 is 14.8 Å². The van der Waals surface area contributed by atoms with E-state index in [1.165, 1.54) is 6.07 Å².